The fourth-order valence-corrected chi connectivity index (χ4v) is 2.36. The van der Waals surface area contributed by atoms with E-state index in [-0.39, 0.29) is 12.5 Å². The van der Waals surface area contributed by atoms with Crippen molar-refractivity contribution in [3.63, 3.8) is 0 Å². The highest BCUT2D eigenvalue weighted by atomic mass is 35.5. The van der Waals surface area contributed by atoms with Gasteiger partial charge in [0, 0.05) is 16.3 Å². The third-order valence-corrected chi connectivity index (χ3v) is 4.03. The first-order valence-electron chi connectivity index (χ1n) is 6.41. The van der Waals surface area contributed by atoms with Crippen molar-refractivity contribution < 1.29 is 4.79 Å². The van der Waals surface area contributed by atoms with Gasteiger partial charge in [0.2, 0.25) is 0 Å². The Hall–Kier alpha value is -1.46. The van der Waals surface area contributed by atoms with Crippen LogP contribution in [0.25, 0.3) is 0 Å². The number of hydrogen-bond donors (Lipinski definition) is 2. The lowest BCUT2D eigenvalue weighted by Crippen LogP contribution is -2.25. The van der Waals surface area contributed by atoms with E-state index in [0.717, 1.165) is 0 Å². The molecule has 0 heterocycles. The summed E-state index contributed by atoms with van der Waals surface area (Å²) >= 11 is 23.5. The Balaban J connectivity index is 1.85. The number of carbonyl (C=O) groups is 1. The Morgan fingerprint density at radius 3 is 2.48 bits per heavy atom. The monoisotopic (exact) mass is 389 g/mol. The molecule has 0 bridgehead atoms. The molecule has 120 valence electrons. The van der Waals surface area contributed by atoms with E-state index in [1.807, 2.05) is 0 Å². The van der Waals surface area contributed by atoms with Gasteiger partial charge in [0.15, 0.2) is 0 Å². The first-order valence-corrected chi connectivity index (χ1v) is 7.93. The van der Waals surface area contributed by atoms with Crippen molar-refractivity contribution in [2.75, 3.05) is 11.9 Å². The number of benzene rings is 2. The second-order valence-electron chi connectivity index (χ2n) is 4.44. The van der Waals surface area contributed by atoms with Crippen LogP contribution in [0.15, 0.2) is 41.5 Å². The van der Waals surface area contributed by atoms with Gasteiger partial charge < -0.3 is 5.32 Å². The Labute approximate surface area is 153 Å². The number of anilines is 1. The number of nitrogens with one attached hydrogen (secondary N) is 2. The predicted octanol–water partition coefficient (Wildman–Crippen LogP) is 4.86. The van der Waals surface area contributed by atoms with Gasteiger partial charge in [-0.2, -0.15) is 5.10 Å². The first kappa shape index (κ1) is 17.9. The summed E-state index contributed by atoms with van der Waals surface area (Å²) < 4.78 is 0. The largest absolute Gasteiger partial charge is 0.376 e. The van der Waals surface area contributed by atoms with Gasteiger partial charge >= 0.3 is 0 Å². The van der Waals surface area contributed by atoms with Crippen LogP contribution in [0.2, 0.25) is 20.1 Å². The van der Waals surface area contributed by atoms with Crippen molar-refractivity contribution in [1.29, 1.82) is 0 Å². The molecule has 0 aliphatic heterocycles. The van der Waals surface area contributed by atoms with Crippen LogP contribution in [0.1, 0.15) is 5.56 Å². The molecule has 0 saturated heterocycles. The second kappa shape index (κ2) is 8.41. The molecule has 0 aliphatic carbocycles. The third kappa shape index (κ3) is 5.59. The van der Waals surface area contributed by atoms with Crippen LogP contribution < -0.4 is 10.7 Å². The summed E-state index contributed by atoms with van der Waals surface area (Å²) in [6.45, 7) is 0.0314. The molecule has 0 radical (unpaired) electrons. The molecule has 0 saturated carbocycles. The number of rotatable bonds is 5. The minimum Gasteiger partial charge on any atom is -0.376 e. The minimum absolute atomic E-state index is 0.0314. The topological polar surface area (TPSA) is 53.5 Å². The number of hydrazone groups is 1. The molecule has 0 atom stereocenters. The molecular weight excluding hydrogens is 380 g/mol. The molecule has 8 heteroatoms. The molecular formula is C15H11Cl4N3O. The molecule has 2 N–H and O–H groups in total. The standard InChI is InChI=1S/C15H11Cl4N3O/c16-10-2-1-9(13(18)5-10)7-21-22-15(23)8-20-11-3-4-12(17)14(19)6-11/h1-7,20H,8H2,(H,22,23). The van der Waals surface area contributed by atoms with Gasteiger partial charge in [-0.1, -0.05) is 52.5 Å². The van der Waals surface area contributed by atoms with Crippen LogP contribution in [0.4, 0.5) is 5.69 Å². The highest BCUT2D eigenvalue weighted by Crippen LogP contribution is 2.24. The van der Waals surface area contributed by atoms with Crippen molar-refractivity contribution in [3.8, 4) is 0 Å². The molecule has 1 amide bonds. The zero-order valence-electron chi connectivity index (χ0n) is 11.6. The summed E-state index contributed by atoms with van der Waals surface area (Å²) in [5.41, 5.74) is 3.71. The number of hydrogen-bond acceptors (Lipinski definition) is 3. The molecule has 2 aromatic carbocycles. The number of nitrogens with zero attached hydrogens (tertiary/aromatic N) is 1. The van der Waals surface area contributed by atoms with Crippen LogP contribution in [-0.2, 0) is 4.79 Å². The van der Waals surface area contributed by atoms with Crippen molar-refractivity contribution >= 4 is 64.2 Å². The van der Waals surface area contributed by atoms with Gasteiger partial charge in [0.25, 0.3) is 5.91 Å². The maximum Gasteiger partial charge on any atom is 0.259 e. The van der Waals surface area contributed by atoms with E-state index < -0.39 is 0 Å². The van der Waals surface area contributed by atoms with Crippen molar-refractivity contribution in [2.45, 2.75) is 0 Å². The van der Waals surface area contributed by atoms with Crippen molar-refractivity contribution in [2.24, 2.45) is 5.10 Å². The van der Waals surface area contributed by atoms with Gasteiger partial charge in [-0.15, -0.1) is 0 Å². The van der Waals surface area contributed by atoms with Gasteiger partial charge in [0.05, 0.1) is 27.8 Å². The quantitative estimate of drug-likeness (QED) is 0.565. The Bertz CT molecular complexity index is 749. The number of halogens is 4. The summed E-state index contributed by atoms with van der Waals surface area (Å²) in [5.74, 6) is -0.322. The van der Waals surface area contributed by atoms with Gasteiger partial charge in [-0.3, -0.25) is 4.79 Å². The SMILES string of the molecule is O=C(CNc1ccc(Cl)c(Cl)c1)NN=Cc1ccc(Cl)cc1Cl. The predicted molar refractivity (Wildman–Crippen MR) is 97.2 cm³/mol. The maximum absolute atomic E-state index is 11.7. The maximum atomic E-state index is 11.7. The van der Waals surface area contributed by atoms with Crippen molar-refractivity contribution in [3.05, 3.63) is 62.1 Å². The van der Waals surface area contributed by atoms with E-state index >= 15 is 0 Å². The Morgan fingerprint density at radius 2 is 1.78 bits per heavy atom. The first-order chi connectivity index (χ1) is 11.0. The van der Waals surface area contributed by atoms with E-state index in [1.54, 1.807) is 36.4 Å². The molecule has 0 aliphatic rings. The molecule has 2 rings (SSSR count). The van der Waals surface area contributed by atoms with E-state index in [4.69, 9.17) is 46.4 Å². The molecule has 0 spiro atoms. The van der Waals surface area contributed by atoms with E-state index in [0.29, 0.717) is 31.3 Å². The number of amides is 1. The van der Waals surface area contributed by atoms with Gasteiger partial charge in [-0.05, 0) is 30.3 Å². The van der Waals surface area contributed by atoms with Crippen LogP contribution in [-0.4, -0.2) is 18.7 Å². The lowest BCUT2D eigenvalue weighted by molar-refractivity contribution is -0.119. The van der Waals surface area contributed by atoms with Crippen LogP contribution >= 0.6 is 46.4 Å². The zero-order chi connectivity index (χ0) is 16.8. The van der Waals surface area contributed by atoms with Crippen LogP contribution in [0.3, 0.4) is 0 Å². The lowest BCUT2D eigenvalue weighted by Gasteiger charge is -2.06. The molecule has 23 heavy (non-hydrogen) atoms. The number of carbonyl (C=O) groups excluding carboxylic acids is 1. The minimum atomic E-state index is -0.322. The summed E-state index contributed by atoms with van der Waals surface area (Å²) in [6.07, 6.45) is 1.44. The van der Waals surface area contributed by atoms with E-state index in [1.165, 1.54) is 6.21 Å². The summed E-state index contributed by atoms with van der Waals surface area (Å²) in [4.78, 5) is 11.7. The lowest BCUT2D eigenvalue weighted by atomic mass is 10.2. The van der Waals surface area contributed by atoms with E-state index in [2.05, 4.69) is 15.8 Å². The summed E-state index contributed by atoms with van der Waals surface area (Å²) in [7, 11) is 0. The van der Waals surface area contributed by atoms with Crippen LogP contribution in [0, 0.1) is 0 Å². The molecule has 4 nitrogen and oxygen atoms in total. The summed E-state index contributed by atoms with van der Waals surface area (Å²) in [5, 5.41) is 8.58. The Morgan fingerprint density at radius 1 is 1.00 bits per heavy atom. The second-order valence-corrected chi connectivity index (χ2v) is 6.10. The highest BCUT2D eigenvalue weighted by molar-refractivity contribution is 6.42. The third-order valence-electron chi connectivity index (χ3n) is 2.73. The van der Waals surface area contributed by atoms with E-state index in [9.17, 15) is 4.79 Å². The smallest absolute Gasteiger partial charge is 0.259 e. The zero-order valence-corrected chi connectivity index (χ0v) is 14.6. The van der Waals surface area contributed by atoms with Crippen LogP contribution in [0.5, 0.6) is 0 Å². The Kier molecular flexibility index (Phi) is 6.54. The fourth-order valence-electron chi connectivity index (χ4n) is 1.61. The highest BCUT2D eigenvalue weighted by Gasteiger charge is 2.03. The van der Waals surface area contributed by atoms with Crippen molar-refractivity contribution in [1.82, 2.24) is 5.43 Å². The fraction of sp³-hybridized carbons (Fsp3) is 0.0667. The molecule has 0 unspecified atom stereocenters. The average molecular weight is 391 g/mol. The average Bonchev–Trinajstić information content (AvgIpc) is 2.50. The van der Waals surface area contributed by atoms with Gasteiger partial charge in [0.1, 0.15) is 0 Å². The molecule has 0 fully saturated rings. The molecule has 0 aromatic heterocycles. The summed E-state index contributed by atoms with van der Waals surface area (Å²) in [6, 6.07) is 9.98. The molecule has 2 aromatic rings. The van der Waals surface area contributed by atoms with Gasteiger partial charge in [-0.25, -0.2) is 5.43 Å². The normalized spacial score (nSPS) is 10.8.